The molecule has 0 aliphatic carbocycles. The van der Waals surface area contributed by atoms with E-state index in [-0.39, 0.29) is 0 Å². The van der Waals surface area contributed by atoms with Gasteiger partial charge in [0.2, 0.25) is 0 Å². The zero-order valence-electron chi connectivity index (χ0n) is 11.4. The molecule has 2 aromatic rings. The average Bonchev–Trinajstić information content (AvgIpc) is 2.74. The molecule has 1 aromatic heterocycles. The molecule has 0 saturated carbocycles. The third kappa shape index (κ3) is 2.56. The zero-order chi connectivity index (χ0) is 14.2. The lowest BCUT2D eigenvalue weighted by Crippen LogP contribution is -2.06. The van der Waals surface area contributed by atoms with Crippen LogP contribution in [0.5, 0.6) is 5.75 Å². The van der Waals surface area contributed by atoms with Crippen LogP contribution < -0.4 is 10.1 Å². The summed E-state index contributed by atoms with van der Waals surface area (Å²) in [6.45, 7) is 5.05. The van der Waals surface area contributed by atoms with E-state index in [0.717, 1.165) is 31.4 Å². The van der Waals surface area contributed by atoms with Gasteiger partial charge < -0.3 is 14.5 Å². The summed E-state index contributed by atoms with van der Waals surface area (Å²) in [7, 11) is 3.59. The quantitative estimate of drug-likeness (QED) is 0.813. The number of furan rings is 1. The molecule has 0 bridgehead atoms. The van der Waals surface area contributed by atoms with Crippen LogP contribution in [0.3, 0.4) is 0 Å². The summed E-state index contributed by atoms with van der Waals surface area (Å²) in [5.74, 6) is 2.15. The number of methoxy groups -OCH3 is 1. The van der Waals surface area contributed by atoms with Gasteiger partial charge in [-0.2, -0.15) is 0 Å². The number of halogens is 2. The Morgan fingerprint density at radius 2 is 2.05 bits per heavy atom. The van der Waals surface area contributed by atoms with Crippen molar-refractivity contribution in [1.29, 1.82) is 0 Å². The van der Waals surface area contributed by atoms with Crippen LogP contribution in [-0.2, 0) is 6.54 Å². The Hall–Kier alpha value is -0.520. The molecular formula is C14H17Br2NO2. The Labute approximate surface area is 129 Å². The number of fused-ring (bicyclic) bond motifs is 1. The van der Waals surface area contributed by atoms with Crippen LogP contribution in [0.1, 0.15) is 31.1 Å². The van der Waals surface area contributed by atoms with Crippen LogP contribution in [0, 0.1) is 0 Å². The lowest BCUT2D eigenvalue weighted by Gasteiger charge is -2.09. The molecule has 0 unspecified atom stereocenters. The van der Waals surface area contributed by atoms with E-state index in [1.54, 1.807) is 7.11 Å². The van der Waals surface area contributed by atoms with Crippen molar-refractivity contribution in [3.63, 3.8) is 0 Å². The Balaban J connectivity index is 2.84. The first kappa shape index (κ1) is 14.9. The molecule has 1 heterocycles. The number of rotatable bonds is 4. The van der Waals surface area contributed by atoms with Crippen molar-refractivity contribution >= 4 is 42.8 Å². The highest BCUT2D eigenvalue weighted by Gasteiger charge is 2.22. The average molecular weight is 391 g/mol. The smallest absolute Gasteiger partial charge is 0.150 e. The minimum absolute atomic E-state index is 0.375. The van der Waals surface area contributed by atoms with Gasteiger partial charge in [-0.1, -0.05) is 13.8 Å². The van der Waals surface area contributed by atoms with Crippen molar-refractivity contribution in [2.24, 2.45) is 0 Å². The molecule has 1 aromatic carbocycles. The summed E-state index contributed by atoms with van der Waals surface area (Å²) in [4.78, 5) is 0. The van der Waals surface area contributed by atoms with Gasteiger partial charge in [0.15, 0.2) is 0 Å². The molecule has 0 radical (unpaired) electrons. The first-order valence-electron chi connectivity index (χ1n) is 6.13. The van der Waals surface area contributed by atoms with E-state index in [1.807, 2.05) is 13.1 Å². The number of benzene rings is 1. The van der Waals surface area contributed by atoms with E-state index < -0.39 is 0 Å². The minimum Gasteiger partial charge on any atom is -0.496 e. The monoisotopic (exact) mass is 389 g/mol. The topological polar surface area (TPSA) is 34.4 Å². The van der Waals surface area contributed by atoms with Crippen molar-refractivity contribution in [1.82, 2.24) is 5.32 Å². The predicted octanol–water partition coefficient (Wildman–Crippen LogP) is 4.81. The molecule has 0 aliphatic heterocycles. The number of nitrogens with one attached hydrogen (secondary N) is 1. The van der Waals surface area contributed by atoms with Crippen molar-refractivity contribution in [3.8, 4) is 5.75 Å². The van der Waals surface area contributed by atoms with Crippen molar-refractivity contribution in [2.45, 2.75) is 26.3 Å². The second-order valence-corrected chi connectivity index (χ2v) is 6.35. The third-order valence-corrected chi connectivity index (χ3v) is 4.44. The molecule has 0 fully saturated rings. The third-order valence-electron chi connectivity index (χ3n) is 3.07. The first-order valence-corrected chi connectivity index (χ1v) is 7.71. The summed E-state index contributed by atoms with van der Waals surface area (Å²) in [6, 6.07) is 1.92. The molecule has 3 nitrogen and oxygen atoms in total. The SMILES string of the molecule is CNCc1oc2c(Br)cc(OC)c(Br)c2c1C(C)C. The van der Waals surface area contributed by atoms with Gasteiger partial charge in [0.1, 0.15) is 17.1 Å². The van der Waals surface area contributed by atoms with Gasteiger partial charge in [0.25, 0.3) is 0 Å². The maximum Gasteiger partial charge on any atom is 0.150 e. The van der Waals surface area contributed by atoms with Crippen LogP contribution in [-0.4, -0.2) is 14.2 Å². The number of hydrogen-bond acceptors (Lipinski definition) is 3. The van der Waals surface area contributed by atoms with Crippen LogP contribution in [0.2, 0.25) is 0 Å². The Morgan fingerprint density at radius 3 is 2.58 bits per heavy atom. The fourth-order valence-corrected chi connectivity index (χ4v) is 3.45. The zero-order valence-corrected chi connectivity index (χ0v) is 14.6. The van der Waals surface area contributed by atoms with E-state index >= 15 is 0 Å². The molecular weight excluding hydrogens is 374 g/mol. The first-order chi connectivity index (χ1) is 9.01. The lowest BCUT2D eigenvalue weighted by atomic mass is 9.99. The maximum absolute atomic E-state index is 6.02. The normalized spacial score (nSPS) is 11.5. The highest BCUT2D eigenvalue weighted by molar-refractivity contribution is 9.11. The largest absolute Gasteiger partial charge is 0.496 e. The molecule has 104 valence electrons. The van der Waals surface area contributed by atoms with E-state index in [4.69, 9.17) is 9.15 Å². The van der Waals surface area contributed by atoms with E-state index in [9.17, 15) is 0 Å². The molecule has 19 heavy (non-hydrogen) atoms. The van der Waals surface area contributed by atoms with Crippen LogP contribution in [0.15, 0.2) is 19.4 Å². The summed E-state index contributed by atoms with van der Waals surface area (Å²) >= 11 is 7.19. The molecule has 0 amide bonds. The van der Waals surface area contributed by atoms with Crippen LogP contribution >= 0.6 is 31.9 Å². The Bertz CT molecular complexity index is 605. The van der Waals surface area contributed by atoms with Gasteiger partial charge in [0.05, 0.1) is 22.6 Å². The van der Waals surface area contributed by atoms with Gasteiger partial charge in [-0.15, -0.1) is 0 Å². The van der Waals surface area contributed by atoms with E-state index in [1.165, 1.54) is 5.56 Å². The number of ether oxygens (including phenoxy) is 1. The van der Waals surface area contributed by atoms with E-state index in [2.05, 4.69) is 51.0 Å². The summed E-state index contributed by atoms with van der Waals surface area (Å²) in [5, 5.41) is 4.24. The lowest BCUT2D eigenvalue weighted by molar-refractivity contribution is 0.412. The summed E-state index contributed by atoms with van der Waals surface area (Å²) in [6.07, 6.45) is 0. The second-order valence-electron chi connectivity index (χ2n) is 4.70. The molecule has 2 rings (SSSR count). The van der Waals surface area contributed by atoms with Gasteiger partial charge in [0, 0.05) is 10.9 Å². The van der Waals surface area contributed by atoms with Crippen LogP contribution in [0.4, 0.5) is 0 Å². The highest BCUT2D eigenvalue weighted by atomic mass is 79.9. The fourth-order valence-electron chi connectivity index (χ4n) is 2.30. The minimum atomic E-state index is 0.375. The molecule has 0 atom stereocenters. The van der Waals surface area contributed by atoms with Gasteiger partial charge in [-0.3, -0.25) is 0 Å². The molecule has 1 N–H and O–H groups in total. The van der Waals surface area contributed by atoms with Crippen molar-refractivity contribution in [2.75, 3.05) is 14.2 Å². The standard InChI is InChI=1S/C14H17Br2NO2/c1-7(2)11-10(6-17-3)19-14-8(15)5-9(18-4)13(16)12(11)14/h5,7,17H,6H2,1-4H3. The fraction of sp³-hybridized carbons (Fsp3) is 0.429. The van der Waals surface area contributed by atoms with Crippen LogP contribution in [0.25, 0.3) is 11.0 Å². The summed E-state index contributed by atoms with van der Waals surface area (Å²) < 4.78 is 13.3. The highest BCUT2D eigenvalue weighted by Crippen LogP contribution is 2.44. The number of hydrogen-bond donors (Lipinski definition) is 1. The summed E-state index contributed by atoms with van der Waals surface area (Å²) in [5.41, 5.74) is 2.08. The van der Waals surface area contributed by atoms with Gasteiger partial charge >= 0.3 is 0 Å². The van der Waals surface area contributed by atoms with Gasteiger partial charge in [-0.25, -0.2) is 0 Å². The predicted molar refractivity (Wildman–Crippen MR) is 85.0 cm³/mol. The van der Waals surface area contributed by atoms with Crippen molar-refractivity contribution < 1.29 is 9.15 Å². The van der Waals surface area contributed by atoms with Gasteiger partial charge in [-0.05, 0) is 50.9 Å². The van der Waals surface area contributed by atoms with Crippen molar-refractivity contribution in [3.05, 3.63) is 26.3 Å². The Morgan fingerprint density at radius 1 is 1.37 bits per heavy atom. The molecule has 0 aliphatic rings. The molecule has 5 heteroatoms. The second kappa shape index (κ2) is 5.85. The maximum atomic E-state index is 6.02. The molecule has 0 spiro atoms. The van der Waals surface area contributed by atoms with E-state index in [0.29, 0.717) is 12.5 Å². The molecule has 0 saturated heterocycles. The Kier molecular flexibility index (Phi) is 4.58.